The number of aliphatic carboxylic acids is 1. The Morgan fingerprint density at radius 3 is 2.65 bits per heavy atom. The lowest BCUT2D eigenvalue weighted by molar-refractivity contribution is -0.153. The van der Waals surface area contributed by atoms with Crippen molar-refractivity contribution in [3.8, 4) is 0 Å². The quantitative estimate of drug-likeness (QED) is 0.751. The van der Waals surface area contributed by atoms with Crippen molar-refractivity contribution in [2.45, 2.75) is 30.8 Å². The van der Waals surface area contributed by atoms with E-state index in [4.69, 9.17) is 4.74 Å². The highest BCUT2D eigenvalue weighted by molar-refractivity contribution is 5.96. The highest BCUT2D eigenvalue weighted by Crippen LogP contribution is 2.50. The maximum absolute atomic E-state index is 11.8. The van der Waals surface area contributed by atoms with Crippen LogP contribution in [0.1, 0.15) is 41.1 Å². The Kier molecular flexibility index (Phi) is 2.02. The average molecular weight is 232 g/mol. The minimum Gasteiger partial charge on any atom is -0.481 e. The fourth-order valence-corrected chi connectivity index (χ4v) is 2.79. The Morgan fingerprint density at radius 2 is 2.06 bits per heavy atom. The van der Waals surface area contributed by atoms with E-state index in [1.807, 2.05) is 0 Å². The lowest BCUT2D eigenvalue weighted by atomic mass is 9.66. The van der Waals surface area contributed by atoms with Crippen molar-refractivity contribution in [1.29, 1.82) is 0 Å². The number of esters is 1. The van der Waals surface area contributed by atoms with Gasteiger partial charge in [-0.3, -0.25) is 4.79 Å². The molecule has 0 bridgehead atoms. The predicted molar refractivity (Wildman–Crippen MR) is 58.8 cm³/mol. The van der Waals surface area contributed by atoms with E-state index in [0.717, 1.165) is 6.42 Å². The molecule has 4 heteroatoms. The summed E-state index contributed by atoms with van der Waals surface area (Å²) < 4.78 is 5.39. The van der Waals surface area contributed by atoms with Gasteiger partial charge in [-0.15, -0.1) is 0 Å². The number of benzene rings is 1. The van der Waals surface area contributed by atoms with Crippen LogP contribution in [-0.4, -0.2) is 22.6 Å². The first kappa shape index (κ1) is 10.3. The SMILES string of the molecule is O=C1OC2(CCC2)[C@@H](C(=O)O)c2ccccc21. The van der Waals surface area contributed by atoms with Crippen LogP contribution in [0.15, 0.2) is 24.3 Å². The molecule has 1 fully saturated rings. The molecule has 1 saturated carbocycles. The molecule has 1 atom stereocenters. The Labute approximate surface area is 98.2 Å². The van der Waals surface area contributed by atoms with Gasteiger partial charge in [0.2, 0.25) is 0 Å². The second-order valence-electron chi connectivity index (χ2n) is 4.67. The normalized spacial score (nSPS) is 24.7. The van der Waals surface area contributed by atoms with Gasteiger partial charge in [-0.25, -0.2) is 4.79 Å². The number of ether oxygens (including phenoxy) is 1. The Balaban J connectivity index is 2.17. The van der Waals surface area contributed by atoms with Gasteiger partial charge in [0.15, 0.2) is 0 Å². The summed E-state index contributed by atoms with van der Waals surface area (Å²) in [6.45, 7) is 0. The van der Waals surface area contributed by atoms with Gasteiger partial charge < -0.3 is 9.84 Å². The smallest absolute Gasteiger partial charge is 0.339 e. The lowest BCUT2D eigenvalue weighted by Gasteiger charge is -2.47. The summed E-state index contributed by atoms with van der Waals surface area (Å²) in [4.78, 5) is 23.3. The Hall–Kier alpha value is -1.84. The zero-order valence-electron chi connectivity index (χ0n) is 9.18. The maximum Gasteiger partial charge on any atom is 0.339 e. The molecule has 0 saturated heterocycles. The topological polar surface area (TPSA) is 63.6 Å². The minimum absolute atomic E-state index is 0.387. The summed E-state index contributed by atoms with van der Waals surface area (Å²) in [5.74, 6) is -2.02. The molecule has 0 radical (unpaired) electrons. The van der Waals surface area contributed by atoms with Crippen LogP contribution in [0.3, 0.4) is 0 Å². The van der Waals surface area contributed by atoms with E-state index in [1.165, 1.54) is 0 Å². The molecule has 4 nitrogen and oxygen atoms in total. The standard InChI is InChI=1S/C13H12O4/c14-11(15)10-8-4-1-2-5-9(8)12(16)17-13(10)6-3-7-13/h1-2,4-5,10H,3,6-7H2,(H,14,15)/t10-/m1/s1. The lowest BCUT2D eigenvalue weighted by Crippen LogP contribution is -2.53. The number of rotatable bonds is 1. The predicted octanol–water partition coefficient (Wildman–Crippen LogP) is 1.95. The molecule has 0 unspecified atom stereocenters. The van der Waals surface area contributed by atoms with Crippen LogP contribution in [0.5, 0.6) is 0 Å². The summed E-state index contributed by atoms with van der Waals surface area (Å²) in [6, 6.07) is 6.82. The van der Waals surface area contributed by atoms with Gasteiger partial charge in [0, 0.05) is 0 Å². The van der Waals surface area contributed by atoms with Gasteiger partial charge in [-0.05, 0) is 30.9 Å². The van der Waals surface area contributed by atoms with Gasteiger partial charge in [-0.2, -0.15) is 0 Å². The number of carboxylic acids is 1. The fourth-order valence-electron chi connectivity index (χ4n) is 2.79. The van der Waals surface area contributed by atoms with E-state index in [0.29, 0.717) is 24.0 Å². The number of carbonyl (C=O) groups is 2. The van der Waals surface area contributed by atoms with E-state index < -0.39 is 23.5 Å². The molecule has 1 aromatic rings. The van der Waals surface area contributed by atoms with Crippen LogP contribution < -0.4 is 0 Å². The Morgan fingerprint density at radius 1 is 1.35 bits per heavy atom. The molecular formula is C13H12O4. The summed E-state index contributed by atoms with van der Waals surface area (Å²) >= 11 is 0. The molecule has 0 aromatic heterocycles. The van der Waals surface area contributed by atoms with Gasteiger partial charge in [0.05, 0.1) is 5.56 Å². The van der Waals surface area contributed by atoms with E-state index >= 15 is 0 Å². The number of hydrogen-bond acceptors (Lipinski definition) is 3. The second kappa shape index (κ2) is 3.32. The monoisotopic (exact) mass is 232 g/mol. The van der Waals surface area contributed by atoms with Crippen LogP contribution in [0.25, 0.3) is 0 Å². The fraction of sp³-hybridized carbons (Fsp3) is 0.385. The highest BCUT2D eigenvalue weighted by atomic mass is 16.6. The molecule has 1 N–H and O–H groups in total. The molecule has 2 aliphatic rings. The molecule has 1 heterocycles. The largest absolute Gasteiger partial charge is 0.481 e. The van der Waals surface area contributed by atoms with E-state index in [1.54, 1.807) is 24.3 Å². The summed E-state index contributed by atoms with van der Waals surface area (Å²) in [5.41, 5.74) is 0.186. The molecule has 1 aliphatic carbocycles. The first-order valence-electron chi connectivity index (χ1n) is 5.69. The minimum atomic E-state index is -0.912. The number of carboxylic acid groups (broad SMARTS) is 1. The third-order valence-electron chi connectivity index (χ3n) is 3.76. The van der Waals surface area contributed by atoms with Crippen molar-refractivity contribution >= 4 is 11.9 Å². The number of carbonyl (C=O) groups excluding carboxylic acids is 1. The molecule has 1 aliphatic heterocycles. The molecule has 0 amide bonds. The first-order chi connectivity index (χ1) is 8.14. The number of hydrogen-bond donors (Lipinski definition) is 1. The van der Waals surface area contributed by atoms with Crippen molar-refractivity contribution < 1.29 is 19.4 Å². The van der Waals surface area contributed by atoms with Gasteiger partial charge >= 0.3 is 11.9 Å². The summed E-state index contributed by atoms with van der Waals surface area (Å²) in [6.07, 6.45) is 2.20. The maximum atomic E-state index is 11.8. The molecular weight excluding hydrogens is 220 g/mol. The molecule has 3 rings (SSSR count). The molecule has 1 aromatic carbocycles. The van der Waals surface area contributed by atoms with Crippen LogP contribution in [0, 0.1) is 0 Å². The number of fused-ring (bicyclic) bond motifs is 1. The third-order valence-corrected chi connectivity index (χ3v) is 3.76. The zero-order chi connectivity index (χ0) is 12.0. The van der Waals surface area contributed by atoms with Crippen molar-refractivity contribution in [1.82, 2.24) is 0 Å². The van der Waals surface area contributed by atoms with E-state index in [9.17, 15) is 14.7 Å². The van der Waals surface area contributed by atoms with Crippen LogP contribution in [0.2, 0.25) is 0 Å². The highest BCUT2D eigenvalue weighted by Gasteiger charge is 2.55. The Bertz CT molecular complexity index is 502. The summed E-state index contributed by atoms with van der Waals surface area (Å²) in [5, 5.41) is 9.38. The van der Waals surface area contributed by atoms with Crippen LogP contribution in [-0.2, 0) is 9.53 Å². The molecule has 88 valence electrons. The second-order valence-corrected chi connectivity index (χ2v) is 4.67. The van der Waals surface area contributed by atoms with E-state index in [2.05, 4.69) is 0 Å². The van der Waals surface area contributed by atoms with Crippen LogP contribution in [0.4, 0.5) is 0 Å². The molecule has 1 spiro atoms. The van der Waals surface area contributed by atoms with Gasteiger partial charge in [-0.1, -0.05) is 18.2 Å². The van der Waals surface area contributed by atoms with Crippen molar-refractivity contribution in [2.24, 2.45) is 0 Å². The third kappa shape index (κ3) is 1.30. The van der Waals surface area contributed by atoms with Crippen molar-refractivity contribution in [2.75, 3.05) is 0 Å². The summed E-state index contributed by atoms with van der Waals surface area (Å²) in [7, 11) is 0. The van der Waals surface area contributed by atoms with Crippen LogP contribution >= 0.6 is 0 Å². The zero-order valence-corrected chi connectivity index (χ0v) is 9.18. The average Bonchev–Trinajstić information content (AvgIpc) is 2.26. The van der Waals surface area contributed by atoms with Gasteiger partial charge in [0.1, 0.15) is 11.5 Å². The van der Waals surface area contributed by atoms with Crippen molar-refractivity contribution in [3.63, 3.8) is 0 Å². The van der Waals surface area contributed by atoms with E-state index in [-0.39, 0.29) is 0 Å². The van der Waals surface area contributed by atoms with Crippen molar-refractivity contribution in [3.05, 3.63) is 35.4 Å². The first-order valence-corrected chi connectivity index (χ1v) is 5.69. The molecule has 17 heavy (non-hydrogen) atoms. The van der Waals surface area contributed by atoms with Gasteiger partial charge in [0.25, 0.3) is 0 Å².